The Morgan fingerprint density at radius 1 is 1.43 bits per heavy atom. The number of aliphatic hydroxyl groups is 1. The molecular formula is C6H11O7P. The zero-order valence-electron chi connectivity index (χ0n) is 7.63. The zero-order chi connectivity index (χ0) is 11.4. The van der Waals surface area contributed by atoms with Crippen molar-refractivity contribution >= 4 is 13.8 Å². The van der Waals surface area contributed by atoms with Crippen LogP contribution in [-0.2, 0) is 18.6 Å². The molecule has 0 atom stereocenters. The van der Waals surface area contributed by atoms with E-state index in [1.54, 1.807) is 6.92 Å². The molecular weight excluding hydrogens is 215 g/mol. The average molecular weight is 226 g/mol. The van der Waals surface area contributed by atoms with Crippen LogP contribution >= 0.6 is 7.82 Å². The van der Waals surface area contributed by atoms with Gasteiger partial charge in [-0.2, -0.15) is 0 Å². The van der Waals surface area contributed by atoms with E-state index in [2.05, 4.69) is 9.26 Å². The van der Waals surface area contributed by atoms with Crippen molar-refractivity contribution in [1.82, 2.24) is 0 Å². The highest BCUT2D eigenvalue weighted by Crippen LogP contribution is 2.36. The summed E-state index contributed by atoms with van der Waals surface area (Å²) in [6.45, 7) is 2.80. The normalized spacial score (nSPS) is 13.1. The Morgan fingerprint density at radius 2 is 1.93 bits per heavy atom. The molecule has 0 unspecified atom stereocenters. The van der Waals surface area contributed by atoms with Crippen LogP contribution in [-0.4, -0.2) is 27.5 Å². The third-order valence-electron chi connectivity index (χ3n) is 1.11. The third kappa shape index (κ3) is 4.86. The van der Waals surface area contributed by atoms with Gasteiger partial charge in [-0.25, -0.2) is 9.36 Å². The van der Waals surface area contributed by atoms with Crippen LogP contribution in [0, 0.1) is 0 Å². The summed E-state index contributed by atoms with van der Waals surface area (Å²) in [5.41, 5.74) is -0.407. The van der Waals surface area contributed by atoms with E-state index < -0.39 is 25.3 Å². The molecule has 0 aliphatic heterocycles. The first-order valence-electron chi connectivity index (χ1n) is 3.60. The molecule has 0 radical (unpaired) electrons. The molecule has 8 heteroatoms. The number of carbonyl (C=O) groups excluding carboxylic acids is 1. The maximum atomic E-state index is 10.9. The van der Waals surface area contributed by atoms with Gasteiger partial charge in [0.2, 0.25) is 0 Å². The van der Waals surface area contributed by atoms with Crippen LogP contribution in [0.4, 0.5) is 0 Å². The Hall–Kier alpha value is -1.04. The lowest BCUT2D eigenvalue weighted by Gasteiger charge is -2.07. The molecule has 82 valence electrons. The van der Waals surface area contributed by atoms with E-state index in [0.29, 0.717) is 0 Å². The summed E-state index contributed by atoms with van der Waals surface area (Å²) < 4.78 is 18.5. The molecule has 0 heterocycles. The van der Waals surface area contributed by atoms with Gasteiger partial charge in [-0.3, -0.25) is 9.79 Å². The SMILES string of the molecule is CCOC(O)=C(C)C(=O)OP(=O)(O)O. The summed E-state index contributed by atoms with van der Waals surface area (Å²) in [5.74, 6) is -2.05. The molecule has 14 heavy (non-hydrogen) atoms. The Labute approximate surface area is 80.2 Å². The number of carbonyl (C=O) groups is 1. The first-order valence-corrected chi connectivity index (χ1v) is 5.13. The molecule has 0 rings (SSSR count). The molecule has 3 N–H and O–H groups in total. The molecule has 0 bridgehead atoms. The molecule has 7 nitrogen and oxygen atoms in total. The van der Waals surface area contributed by atoms with Gasteiger partial charge in [0, 0.05) is 0 Å². The van der Waals surface area contributed by atoms with Crippen molar-refractivity contribution in [3.8, 4) is 0 Å². The van der Waals surface area contributed by atoms with Gasteiger partial charge in [0.15, 0.2) is 0 Å². The number of rotatable bonds is 4. The fourth-order valence-corrected chi connectivity index (χ4v) is 0.862. The number of hydrogen-bond donors (Lipinski definition) is 3. The Morgan fingerprint density at radius 3 is 2.29 bits per heavy atom. The minimum Gasteiger partial charge on any atom is -0.481 e. The second kappa shape index (κ2) is 4.99. The second-order valence-electron chi connectivity index (χ2n) is 2.23. The van der Waals surface area contributed by atoms with Crippen LogP contribution in [0.15, 0.2) is 11.5 Å². The van der Waals surface area contributed by atoms with Crippen LogP contribution in [0.2, 0.25) is 0 Å². The maximum absolute atomic E-state index is 10.9. The highest BCUT2D eigenvalue weighted by atomic mass is 31.2. The van der Waals surface area contributed by atoms with E-state index in [9.17, 15) is 9.36 Å². The molecule has 0 fully saturated rings. The molecule has 0 aliphatic rings. The standard InChI is InChI=1S/C6H11O7P/c1-3-12-5(7)4(2)6(8)13-14(9,10)11/h7H,3H2,1-2H3,(H2,9,10,11). The largest absolute Gasteiger partial charge is 0.527 e. The van der Waals surface area contributed by atoms with E-state index in [-0.39, 0.29) is 6.61 Å². The number of hydrogen-bond acceptors (Lipinski definition) is 5. The molecule has 0 saturated carbocycles. The predicted octanol–water partition coefficient (Wildman–Crippen LogP) is 0.448. The lowest BCUT2D eigenvalue weighted by atomic mass is 10.3. The van der Waals surface area contributed by atoms with Crippen LogP contribution in [0.1, 0.15) is 13.8 Å². The highest BCUT2D eigenvalue weighted by molar-refractivity contribution is 7.46. The van der Waals surface area contributed by atoms with Crippen LogP contribution in [0.25, 0.3) is 0 Å². The van der Waals surface area contributed by atoms with Crippen molar-refractivity contribution in [3.05, 3.63) is 11.5 Å². The summed E-state index contributed by atoms with van der Waals surface area (Å²) in [6, 6.07) is 0. The smallest absolute Gasteiger partial charge is 0.481 e. The van der Waals surface area contributed by atoms with Crippen molar-refractivity contribution in [2.24, 2.45) is 0 Å². The van der Waals surface area contributed by atoms with Gasteiger partial charge in [0.05, 0.1) is 6.61 Å². The topological polar surface area (TPSA) is 113 Å². The summed E-state index contributed by atoms with van der Waals surface area (Å²) in [5, 5.41) is 8.99. The summed E-state index contributed by atoms with van der Waals surface area (Å²) in [7, 11) is -4.88. The maximum Gasteiger partial charge on any atom is 0.527 e. The molecule has 0 aromatic rings. The van der Waals surface area contributed by atoms with Crippen molar-refractivity contribution in [2.75, 3.05) is 6.61 Å². The summed E-state index contributed by atoms with van der Waals surface area (Å²) >= 11 is 0. The molecule has 0 amide bonds. The van der Waals surface area contributed by atoms with E-state index in [1.165, 1.54) is 0 Å². The summed E-state index contributed by atoms with van der Waals surface area (Å²) in [4.78, 5) is 27.4. The minimum atomic E-state index is -4.88. The van der Waals surface area contributed by atoms with Crippen molar-refractivity contribution in [1.29, 1.82) is 0 Å². The lowest BCUT2D eigenvalue weighted by Crippen LogP contribution is -2.08. The van der Waals surface area contributed by atoms with Gasteiger partial charge in [-0.1, -0.05) is 0 Å². The Bertz CT molecular complexity index is 289. The van der Waals surface area contributed by atoms with Crippen LogP contribution < -0.4 is 0 Å². The monoisotopic (exact) mass is 226 g/mol. The highest BCUT2D eigenvalue weighted by Gasteiger charge is 2.23. The van der Waals surface area contributed by atoms with Crippen LogP contribution in [0.3, 0.4) is 0 Å². The van der Waals surface area contributed by atoms with E-state index in [0.717, 1.165) is 6.92 Å². The van der Waals surface area contributed by atoms with Crippen molar-refractivity contribution in [2.45, 2.75) is 13.8 Å². The number of phosphoric ester groups is 1. The van der Waals surface area contributed by atoms with Gasteiger partial charge in [-0.05, 0) is 13.8 Å². The minimum absolute atomic E-state index is 0.117. The summed E-state index contributed by atoms with van der Waals surface area (Å²) in [6.07, 6.45) is 0. The zero-order valence-corrected chi connectivity index (χ0v) is 8.52. The van der Waals surface area contributed by atoms with Gasteiger partial charge >= 0.3 is 13.8 Å². The molecule has 0 aliphatic carbocycles. The second-order valence-corrected chi connectivity index (χ2v) is 3.40. The first-order chi connectivity index (χ1) is 6.28. The van der Waals surface area contributed by atoms with Gasteiger partial charge in [0.1, 0.15) is 5.57 Å². The Kier molecular flexibility index (Phi) is 4.62. The van der Waals surface area contributed by atoms with Crippen molar-refractivity contribution in [3.63, 3.8) is 0 Å². The molecule has 0 aromatic heterocycles. The number of ether oxygens (including phenoxy) is 1. The predicted molar refractivity (Wildman–Crippen MR) is 45.1 cm³/mol. The quantitative estimate of drug-likeness (QED) is 0.362. The third-order valence-corrected chi connectivity index (χ3v) is 1.51. The fraction of sp³-hybridized carbons (Fsp3) is 0.500. The molecule has 0 aromatic carbocycles. The van der Waals surface area contributed by atoms with E-state index >= 15 is 0 Å². The number of aliphatic hydroxyl groups excluding tert-OH is 1. The van der Waals surface area contributed by atoms with Crippen molar-refractivity contribution < 1.29 is 33.5 Å². The van der Waals surface area contributed by atoms with Crippen LogP contribution in [0.5, 0.6) is 0 Å². The fourth-order valence-electron chi connectivity index (χ4n) is 0.509. The van der Waals surface area contributed by atoms with Gasteiger partial charge in [-0.15, -0.1) is 0 Å². The van der Waals surface area contributed by atoms with Gasteiger partial charge in [0.25, 0.3) is 5.95 Å². The molecule has 0 saturated heterocycles. The van der Waals surface area contributed by atoms with E-state index in [4.69, 9.17) is 14.9 Å². The number of phosphoric acid groups is 1. The average Bonchev–Trinajstić information content (AvgIpc) is 2.00. The lowest BCUT2D eigenvalue weighted by molar-refractivity contribution is -0.132. The molecule has 0 spiro atoms. The van der Waals surface area contributed by atoms with E-state index in [1.807, 2.05) is 0 Å². The van der Waals surface area contributed by atoms with Gasteiger partial charge < -0.3 is 14.4 Å². The Balaban J connectivity index is 4.54. The first kappa shape index (κ1) is 13.0.